The fourth-order valence-electron chi connectivity index (χ4n) is 2.60. The summed E-state index contributed by atoms with van der Waals surface area (Å²) in [5, 5.41) is 10.3. The lowest BCUT2D eigenvalue weighted by molar-refractivity contribution is 0.319. The van der Waals surface area contributed by atoms with Crippen molar-refractivity contribution in [2.75, 3.05) is 7.05 Å². The molecule has 1 aromatic heterocycles. The number of rotatable bonds is 4. The van der Waals surface area contributed by atoms with E-state index < -0.39 is 5.63 Å². The molecule has 118 valence electrons. The van der Waals surface area contributed by atoms with Crippen molar-refractivity contribution in [3.05, 3.63) is 75.9 Å². The average molecular weight is 313 g/mol. The lowest BCUT2D eigenvalue weighted by atomic mass is 10.1. The predicted octanol–water partition coefficient (Wildman–Crippen LogP) is 3.27. The Bertz CT molecular complexity index is 887. The number of aromatic hydroxyl groups is 1. The summed E-state index contributed by atoms with van der Waals surface area (Å²) in [7, 11) is 1.92. The number of benzene rings is 2. The lowest BCUT2D eigenvalue weighted by Gasteiger charge is -2.17. The minimum Gasteiger partial charge on any atom is -0.508 e. The highest BCUT2D eigenvalue weighted by atomic mass is 19.1. The van der Waals surface area contributed by atoms with Gasteiger partial charge in [0.1, 0.15) is 17.1 Å². The molecule has 0 radical (unpaired) electrons. The van der Waals surface area contributed by atoms with Crippen LogP contribution in [-0.2, 0) is 13.1 Å². The van der Waals surface area contributed by atoms with Gasteiger partial charge in [-0.3, -0.25) is 4.90 Å². The van der Waals surface area contributed by atoms with Crippen LogP contribution in [0.3, 0.4) is 0 Å². The van der Waals surface area contributed by atoms with Crippen molar-refractivity contribution in [2.24, 2.45) is 0 Å². The summed E-state index contributed by atoms with van der Waals surface area (Å²) in [6.07, 6.45) is 0. The van der Waals surface area contributed by atoms with Crippen molar-refractivity contribution < 1.29 is 13.9 Å². The number of hydrogen-bond donors (Lipinski definition) is 1. The second-order valence-corrected chi connectivity index (χ2v) is 5.57. The Kier molecular flexibility index (Phi) is 4.12. The highest BCUT2D eigenvalue weighted by Gasteiger charge is 2.09. The first-order chi connectivity index (χ1) is 11.0. The Morgan fingerprint density at radius 2 is 1.83 bits per heavy atom. The highest BCUT2D eigenvalue weighted by molar-refractivity contribution is 5.81. The normalized spacial score (nSPS) is 11.3. The van der Waals surface area contributed by atoms with Crippen LogP contribution in [0.25, 0.3) is 11.0 Å². The number of halogens is 1. The summed E-state index contributed by atoms with van der Waals surface area (Å²) in [6.45, 7) is 1.16. The largest absolute Gasteiger partial charge is 0.508 e. The SMILES string of the molecule is CN(Cc1ccc(F)cc1)Cc1cc(=O)oc2cc(O)ccc12. The fourth-order valence-corrected chi connectivity index (χ4v) is 2.60. The van der Waals surface area contributed by atoms with Gasteiger partial charge in [0.05, 0.1) is 0 Å². The minimum absolute atomic E-state index is 0.0532. The molecular weight excluding hydrogens is 297 g/mol. The van der Waals surface area contributed by atoms with E-state index in [1.54, 1.807) is 24.3 Å². The van der Waals surface area contributed by atoms with Gasteiger partial charge in [-0.25, -0.2) is 9.18 Å². The van der Waals surface area contributed by atoms with Gasteiger partial charge in [0.2, 0.25) is 0 Å². The molecule has 0 saturated heterocycles. The maximum absolute atomic E-state index is 12.9. The van der Waals surface area contributed by atoms with Gasteiger partial charge in [-0.05, 0) is 42.4 Å². The minimum atomic E-state index is -0.451. The van der Waals surface area contributed by atoms with Crippen LogP contribution in [-0.4, -0.2) is 17.1 Å². The first kappa shape index (κ1) is 15.2. The number of nitrogens with zero attached hydrogens (tertiary/aromatic N) is 1. The van der Waals surface area contributed by atoms with Crippen molar-refractivity contribution in [3.63, 3.8) is 0 Å². The molecule has 0 fully saturated rings. The van der Waals surface area contributed by atoms with Gasteiger partial charge in [0.15, 0.2) is 0 Å². The second kappa shape index (κ2) is 6.22. The molecule has 3 rings (SSSR count). The fraction of sp³-hybridized carbons (Fsp3) is 0.167. The summed E-state index contributed by atoms with van der Waals surface area (Å²) < 4.78 is 18.1. The molecule has 0 amide bonds. The molecule has 0 atom stereocenters. The molecule has 0 aliphatic rings. The number of phenols is 1. The third-order valence-electron chi connectivity index (χ3n) is 3.62. The summed E-state index contributed by atoms with van der Waals surface area (Å²) in [6, 6.07) is 12.5. The van der Waals surface area contributed by atoms with E-state index in [2.05, 4.69) is 0 Å². The number of fused-ring (bicyclic) bond motifs is 1. The van der Waals surface area contributed by atoms with Crippen molar-refractivity contribution in [1.82, 2.24) is 4.90 Å². The quantitative estimate of drug-likeness (QED) is 0.751. The molecule has 0 saturated carbocycles. The van der Waals surface area contributed by atoms with Gasteiger partial charge in [-0.15, -0.1) is 0 Å². The Hall–Kier alpha value is -2.66. The standard InChI is InChI=1S/C18H16FNO3/c1-20(10-12-2-4-14(19)5-3-12)11-13-8-18(22)23-17-9-15(21)6-7-16(13)17/h2-9,21H,10-11H2,1H3. The van der Waals surface area contributed by atoms with Gasteiger partial charge < -0.3 is 9.52 Å². The zero-order valence-electron chi connectivity index (χ0n) is 12.6. The zero-order valence-corrected chi connectivity index (χ0v) is 12.6. The Morgan fingerprint density at radius 1 is 1.09 bits per heavy atom. The summed E-state index contributed by atoms with van der Waals surface area (Å²) in [4.78, 5) is 13.7. The van der Waals surface area contributed by atoms with Crippen LogP contribution in [0.4, 0.5) is 4.39 Å². The van der Waals surface area contributed by atoms with Crippen molar-refractivity contribution in [1.29, 1.82) is 0 Å². The van der Waals surface area contributed by atoms with Crippen LogP contribution in [0.15, 0.2) is 57.7 Å². The van der Waals surface area contributed by atoms with E-state index >= 15 is 0 Å². The second-order valence-electron chi connectivity index (χ2n) is 5.57. The van der Waals surface area contributed by atoms with Crippen LogP contribution < -0.4 is 5.63 Å². The Morgan fingerprint density at radius 3 is 2.57 bits per heavy atom. The van der Waals surface area contributed by atoms with Gasteiger partial charge in [0, 0.05) is 30.6 Å². The van der Waals surface area contributed by atoms with Crippen LogP contribution in [0.5, 0.6) is 5.75 Å². The summed E-state index contributed by atoms with van der Waals surface area (Å²) in [5.41, 5.74) is 1.72. The summed E-state index contributed by atoms with van der Waals surface area (Å²) in [5.74, 6) is -0.208. The van der Waals surface area contributed by atoms with Gasteiger partial charge in [-0.2, -0.15) is 0 Å². The molecule has 0 aliphatic carbocycles. The van der Waals surface area contributed by atoms with Crippen molar-refractivity contribution >= 4 is 11.0 Å². The van der Waals surface area contributed by atoms with Crippen LogP contribution in [0.1, 0.15) is 11.1 Å². The predicted molar refractivity (Wildman–Crippen MR) is 85.7 cm³/mol. The maximum Gasteiger partial charge on any atom is 0.336 e. The third-order valence-corrected chi connectivity index (χ3v) is 3.62. The van der Waals surface area contributed by atoms with E-state index in [-0.39, 0.29) is 11.6 Å². The molecule has 0 spiro atoms. The molecule has 4 nitrogen and oxygen atoms in total. The molecule has 0 bridgehead atoms. The van der Waals surface area contributed by atoms with E-state index in [4.69, 9.17) is 4.42 Å². The zero-order chi connectivity index (χ0) is 16.4. The number of phenolic OH excluding ortho intramolecular Hbond substituents is 1. The van der Waals surface area contributed by atoms with E-state index in [0.29, 0.717) is 18.7 Å². The van der Waals surface area contributed by atoms with Crippen molar-refractivity contribution in [2.45, 2.75) is 13.1 Å². The monoisotopic (exact) mass is 313 g/mol. The smallest absolute Gasteiger partial charge is 0.336 e. The van der Waals surface area contributed by atoms with Gasteiger partial charge in [0.25, 0.3) is 0 Å². The van der Waals surface area contributed by atoms with Crippen LogP contribution in [0, 0.1) is 5.82 Å². The van der Waals surface area contributed by atoms with E-state index in [1.165, 1.54) is 24.3 Å². The first-order valence-corrected chi connectivity index (χ1v) is 7.20. The Labute approximate surface area is 132 Å². The number of hydrogen-bond acceptors (Lipinski definition) is 4. The van der Waals surface area contributed by atoms with E-state index in [0.717, 1.165) is 16.5 Å². The van der Waals surface area contributed by atoms with Gasteiger partial charge >= 0.3 is 5.63 Å². The first-order valence-electron chi connectivity index (χ1n) is 7.20. The van der Waals surface area contributed by atoms with E-state index in [1.807, 2.05) is 11.9 Å². The summed E-state index contributed by atoms with van der Waals surface area (Å²) >= 11 is 0. The van der Waals surface area contributed by atoms with Gasteiger partial charge in [-0.1, -0.05) is 12.1 Å². The lowest BCUT2D eigenvalue weighted by Crippen LogP contribution is -2.18. The molecule has 0 aliphatic heterocycles. The van der Waals surface area contributed by atoms with Crippen LogP contribution in [0.2, 0.25) is 0 Å². The molecule has 1 N–H and O–H groups in total. The molecule has 0 unspecified atom stereocenters. The molecule has 3 aromatic rings. The molecular formula is C18H16FNO3. The van der Waals surface area contributed by atoms with Crippen LogP contribution >= 0.6 is 0 Å². The molecule has 2 aromatic carbocycles. The highest BCUT2D eigenvalue weighted by Crippen LogP contribution is 2.22. The average Bonchev–Trinajstić information content (AvgIpc) is 2.49. The third kappa shape index (κ3) is 3.57. The Balaban J connectivity index is 1.85. The van der Waals surface area contributed by atoms with E-state index in [9.17, 15) is 14.3 Å². The topological polar surface area (TPSA) is 53.7 Å². The molecule has 23 heavy (non-hydrogen) atoms. The van der Waals surface area contributed by atoms with Crippen molar-refractivity contribution in [3.8, 4) is 5.75 Å². The molecule has 5 heteroatoms. The maximum atomic E-state index is 12.9. The molecule has 1 heterocycles.